The number of piperidine rings is 1. The summed E-state index contributed by atoms with van der Waals surface area (Å²) in [4.78, 5) is 10.2. The van der Waals surface area contributed by atoms with Gasteiger partial charge in [0.05, 0.1) is 22.9 Å². The van der Waals surface area contributed by atoms with Crippen LogP contribution in [-0.2, 0) is 0 Å². The molecule has 1 aliphatic heterocycles. The van der Waals surface area contributed by atoms with Crippen LogP contribution in [0.2, 0.25) is 0 Å². The molecule has 15 heavy (non-hydrogen) atoms. The molecule has 82 valence electrons. The Bertz CT molecular complexity index is 368. The van der Waals surface area contributed by atoms with E-state index in [0.717, 1.165) is 25.9 Å². The summed E-state index contributed by atoms with van der Waals surface area (Å²) < 4.78 is 1.74. The topological polar surface area (TPSA) is 73.0 Å². The van der Waals surface area contributed by atoms with Crippen molar-refractivity contribution in [3.8, 4) is 0 Å². The molecular formula is C9H14N4O2. The predicted molar refractivity (Wildman–Crippen MR) is 54.8 cm³/mol. The van der Waals surface area contributed by atoms with E-state index in [-0.39, 0.29) is 5.82 Å². The number of nitro groups is 1. The third-order valence-electron chi connectivity index (χ3n) is 2.74. The Balaban J connectivity index is 2.21. The lowest BCUT2D eigenvalue weighted by atomic mass is 10.1. The number of nitrogens with one attached hydrogen (secondary N) is 1. The second-order valence-corrected chi connectivity index (χ2v) is 3.85. The first kappa shape index (κ1) is 10.1. The highest BCUT2D eigenvalue weighted by Crippen LogP contribution is 2.22. The highest BCUT2D eigenvalue weighted by molar-refractivity contribution is 5.28. The van der Waals surface area contributed by atoms with Crippen molar-refractivity contribution in [2.45, 2.75) is 25.8 Å². The summed E-state index contributed by atoms with van der Waals surface area (Å²) in [5, 5.41) is 17.9. The van der Waals surface area contributed by atoms with Crippen molar-refractivity contribution >= 4 is 5.82 Å². The molecule has 0 unspecified atom stereocenters. The van der Waals surface area contributed by atoms with Crippen LogP contribution in [-0.4, -0.2) is 27.8 Å². The molecule has 0 aromatic carbocycles. The van der Waals surface area contributed by atoms with Gasteiger partial charge in [-0.3, -0.25) is 0 Å². The van der Waals surface area contributed by atoms with Crippen LogP contribution >= 0.6 is 0 Å². The lowest BCUT2D eigenvalue weighted by Crippen LogP contribution is -2.29. The standard InChI is InChI=1S/C9H14N4O2/c1-7-6-12(11-9(7)13(14)15)8-2-4-10-5-3-8/h6,8,10H,2-5H2,1H3. The molecule has 1 aromatic rings. The number of aryl methyl sites for hydroxylation is 1. The van der Waals surface area contributed by atoms with E-state index in [1.807, 2.05) is 0 Å². The van der Waals surface area contributed by atoms with E-state index in [0.29, 0.717) is 11.6 Å². The van der Waals surface area contributed by atoms with Gasteiger partial charge < -0.3 is 15.4 Å². The maximum absolute atomic E-state index is 10.6. The number of rotatable bonds is 2. The van der Waals surface area contributed by atoms with Crippen molar-refractivity contribution in [2.75, 3.05) is 13.1 Å². The molecule has 1 saturated heterocycles. The van der Waals surface area contributed by atoms with Crippen LogP contribution in [0.1, 0.15) is 24.4 Å². The van der Waals surface area contributed by atoms with Gasteiger partial charge in [-0.1, -0.05) is 0 Å². The fourth-order valence-electron chi connectivity index (χ4n) is 1.91. The van der Waals surface area contributed by atoms with Gasteiger partial charge in [0, 0.05) is 0 Å². The Labute approximate surface area is 87.4 Å². The number of aromatic nitrogens is 2. The first-order valence-corrected chi connectivity index (χ1v) is 5.09. The van der Waals surface area contributed by atoms with Gasteiger partial charge in [-0.25, -0.2) is 0 Å². The molecule has 6 heteroatoms. The zero-order valence-corrected chi connectivity index (χ0v) is 8.64. The average Bonchev–Trinajstić information content (AvgIpc) is 2.62. The summed E-state index contributed by atoms with van der Waals surface area (Å²) in [6.07, 6.45) is 3.74. The summed E-state index contributed by atoms with van der Waals surface area (Å²) in [6.45, 7) is 3.64. The maximum Gasteiger partial charge on any atom is 0.392 e. The molecule has 1 N–H and O–H groups in total. The van der Waals surface area contributed by atoms with Crippen molar-refractivity contribution in [1.29, 1.82) is 0 Å². The highest BCUT2D eigenvalue weighted by atomic mass is 16.6. The average molecular weight is 210 g/mol. The number of hydrogen-bond donors (Lipinski definition) is 1. The molecule has 1 aliphatic rings. The quantitative estimate of drug-likeness (QED) is 0.584. The monoisotopic (exact) mass is 210 g/mol. The Hall–Kier alpha value is -1.43. The van der Waals surface area contributed by atoms with Gasteiger partial charge in [0.15, 0.2) is 0 Å². The molecule has 0 aliphatic carbocycles. The molecule has 0 amide bonds. The molecular weight excluding hydrogens is 196 g/mol. The SMILES string of the molecule is Cc1cn(C2CCNCC2)nc1[N+](=O)[O-]. The van der Waals surface area contributed by atoms with Crippen LogP contribution < -0.4 is 5.32 Å². The normalized spacial score (nSPS) is 17.9. The molecule has 2 heterocycles. The summed E-state index contributed by atoms with van der Waals surface area (Å²) in [5.41, 5.74) is 0.638. The van der Waals surface area contributed by atoms with Gasteiger partial charge in [-0.05, 0) is 37.8 Å². The molecule has 0 radical (unpaired) electrons. The van der Waals surface area contributed by atoms with Crippen molar-refractivity contribution in [2.24, 2.45) is 0 Å². The van der Waals surface area contributed by atoms with Crippen molar-refractivity contribution in [3.05, 3.63) is 21.9 Å². The van der Waals surface area contributed by atoms with Gasteiger partial charge in [-0.2, -0.15) is 4.68 Å². The smallest absolute Gasteiger partial charge is 0.358 e. The Morgan fingerprint density at radius 1 is 1.60 bits per heavy atom. The van der Waals surface area contributed by atoms with Gasteiger partial charge in [0.25, 0.3) is 0 Å². The molecule has 0 atom stereocenters. The predicted octanol–water partition coefficient (Wildman–Crippen LogP) is 1.02. The van der Waals surface area contributed by atoms with Crippen molar-refractivity contribution in [3.63, 3.8) is 0 Å². The third kappa shape index (κ3) is 1.99. The van der Waals surface area contributed by atoms with Gasteiger partial charge >= 0.3 is 5.82 Å². The fourth-order valence-corrected chi connectivity index (χ4v) is 1.91. The summed E-state index contributed by atoms with van der Waals surface area (Å²) in [5.74, 6) is -0.0199. The second kappa shape index (κ2) is 3.98. The maximum atomic E-state index is 10.6. The Morgan fingerprint density at radius 3 is 2.80 bits per heavy atom. The van der Waals surface area contributed by atoms with Crippen molar-refractivity contribution < 1.29 is 4.92 Å². The highest BCUT2D eigenvalue weighted by Gasteiger charge is 2.23. The Kier molecular flexibility index (Phi) is 2.68. The number of nitrogens with zero attached hydrogens (tertiary/aromatic N) is 3. The van der Waals surface area contributed by atoms with E-state index >= 15 is 0 Å². The molecule has 1 fully saturated rings. The van der Waals surface area contributed by atoms with E-state index in [1.165, 1.54) is 0 Å². The zero-order valence-electron chi connectivity index (χ0n) is 8.64. The summed E-state index contributed by atoms with van der Waals surface area (Å²) in [7, 11) is 0. The van der Waals surface area contributed by atoms with E-state index in [9.17, 15) is 10.1 Å². The van der Waals surface area contributed by atoms with Crippen LogP contribution in [0.3, 0.4) is 0 Å². The minimum absolute atomic E-state index is 0.0199. The minimum atomic E-state index is -0.424. The first-order chi connectivity index (χ1) is 7.18. The van der Waals surface area contributed by atoms with Gasteiger partial charge in [-0.15, -0.1) is 0 Å². The molecule has 0 saturated carbocycles. The third-order valence-corrected chi connectivity index (χ3v) is 2.74. The first-order valence-electron chi connectivity index (χ1n) is 5.09. The van der Waals surface area contributed by atoms with E-state index in [2.05, 4.69) is 10.4 Å². The van der Waals surface area contributed by atoms with E-state index in [4.69, 9.17) is 0 Å². The molecule has 2 rings (SSSR count). The van der Waals surface area contributed by atoms with E-state index < -0.39 is 4.92 Å². The zero-order chi connectivity index (χ0) is 10.8. The van der Waals surface area contributed by atoms with Crippen molar-refractivity contribution in [1.82, 2.24) is 15.1 Å². The second-order valence-electron chi connectivity index (χ2n) is 3.85. The van der Waals surface area contributed by atoms with Crippen LogP contribution in [0.4, 0.5) is 5.82 Å². The van der Waals surface area contributed by atoms with E-state index in [1.54, 1.807) is 17.8 Å². The molecule has 1 aromatic heterocycles. The minimum Gasteiger partial charge on any atom is -0.358 e. The van der Waals surface area contributed by atoms with Crippen LogP contribution in [0.25, 0.3) is 0 Å². The Morgan fingerprint density at radius 2 is 2.27 bits per heavy atom. The molecule has 0 bridgehead atoms. The summed E-state index contributed by atoms with van der Waals surface area (Å²) >= 11 is 0. The fraction of sp³-hybridized carbons (Fsp3) is 0.667. The summed E-state index contributed by atoms with van der Waals surface area (Å²) in [6, 6.07) is 0.304. The number of hydrogen-bond acceptors (Lipinski definition) is 4. The van der Waals surface area contributed by atoms with Crippen LogP contribution in [0.5, 0.6) is 0 Å². The van der Waals surface area contributed by atoms with Gasteiger partial charge in [0.1, 0.15) is 0 Å². The lowest BCUT2D eigenvalue weighted by molar-refractivity contribution is -0.390. The van der Waals surface area contributed by atoms with Gasteiger partial charge in [0.2, 0.25) is 0 Å². The molecule has 0 spiro atoms. The molecule has 6 nitrogen and oxygen atoms in total. The largest absolute Gasteiger partial charge is 0.392 e. The van der Waals surface area contributed by atoms with Crippen LogP contribution in [0, 0.1) is 17.0 Å². The van der Waals surface area contributed by atoms with Crippen LogP contribution in [0.15, 0.2) is 6.20 Å². The lowest BCUT2D eigenvalue weighted by Gasteiger charge is -2.20.